The highest BCUT2D eigenvalue weighted by molar-refractivity contribution is 6.60. The zero-order chi connectivity index (χ0) is 20.7. The molecule has 0 bridgehead atoms. The van der Waals surface area contributed by atoms with Gasteiger partial charge in [-0.25, -0.2) is 4.79 Å². The van der Waals surface area contributed by atoms with Crippen molar-refractivity contribution in [3.05, 3.63) is 23.8 Å². The lowest BCUT2D eigenvalue weighted by molar-refractivity contribution is 0.0866. The SMILES string of the molecule is COc1cc(OC)cc(C(C)(C)N(CCC[Si](OC)(OC)OC)C(=O)O)c1. The Labute approximate surface area is 162 Å². The molecule has 0 heterocycles. The van der Waals surface area contributed by atoms with Crippen molar-refractivity contribution in [1.29, 1.82) is 0 Å². The largest absolute Gasteiger partial charge is 0.500 e. The molecule has 0 atom stereocenters. The molecule has 27 heavy (non-hydrogen) atoms. The normalized spacial score (nSPS) is 12.0. The molecule has 0 unspecified atom stereocenters. The summed E-state index contributed by atoms with van der Waals surface area (Å²) in [5.41, 5.74) is -0.0275. The highest BCUT2D eigenvalue weighted by Gasteiger charge is 2.39. The molecule has 0 aliphatic carbocycles. The third-order valence-corrected chi connectivity index (χ3v) is 7.59. The summed E-state index contributed by atoms with van der Waals surface area (Å²) in [5.74, 6) is 1.21. The van der Waals surface area contributed by atoms with Gasteiger partial charge in [-0.3, -0.25) is 4.90 Å². The summed E-state index contributed by atoms with van der Waals surface area (Å²) in [6.45, 7) is 4.00. The van der Waals surface area contributed by atoms with Crippen LogP contribution in [0.1, 0.15) is 25.8 Å². The highest BCUT2D eigenvalue weighted by atomic mass is 28.4. The number of carbonyl (C=O) groups is 1. The van der Waals surface area contributed by atoms with E-state index >= 15 is 0 Å². The van der Waals surface area contributed by atoms with Gasteiger partial charge in [-0.2, -0.15) is 0 Å². The minimum atomic E-state index is -2.75. The van der Waals surface area contributed by atoms with E-state index in [1.54, 1.807) is 41.6 Å². The molecule has 0 fully saturated rings. The second-order valence-electron chi connectivity index (χ2n) is 6.49. The average molecular weight is 402 g/mol. The molecule has 8 nitrogen and oxygen atoms in total. The topological polar surface area (TPSA) is 86.7 Å². The van der Waals surface area contributed by atoms with Gasteiger partial charge in [-0.05, 0) is 38.0 Å². The van der Waals surface area contributed by atoms with Gasteiger partial charge in [0.05, 0.1) is 19.8 Å². The lowest BCUT2D eigenvalue weighted by Gasteiger charge is -2.38. The minimum absolute atomic E-state index is 0.298. The van der Waals surface area contributed by atoms with E-state index in [-0.39, 0.29) is 0 Å². The predicted octanol–water partition coefficient (Wildman–Crippen LogP) is 3.19. The Morgan fingerprint density at radius 3 is 1.85 bits per heavy atom. The molecule has 0 aromatic heterocycles. The van der Waals surface area contributed by atoms with Crippen LogP contribution in [0.4, 0.5) is 4.79 Å². The molecular weight excluding hydrogens is 370 g/mol. The maximum atomic E-state index is 12.0. The maximum Gasteiger partial charge on any atom is 0.500 e. The molecule has 1 N–H and O–H groups in total. The lowest BCUT2D eigenvalue weighted by Crippen LogP contribution is -2.47. The van der Waals surface area contributed by atoms with Crippen LogP contribution in [0.2, 0.25) is 6.04 Å². The van der Waals surface area contributed by atoms with Crippen LogP contribution in [0, 0.1) is 0 Å². The van der Waals surface area contributed by atoms with Crippen LogP contribution < -0.4 is 9.47 Å². The highest BCUT2D eigenvalue weighted by Crippen LogP contribution is 2.34. The number of methoxy groups -OCH3 is 2. The van der Waals surface area contributed by atoms with Gasteiger partial charge in [0.15, 0.2) is 0 Å². The van der Waals surface area contributed by atoms with E-state index < -0.39 is 20.4 Å². The fraction of sp³-hybridized carbons (Fsp3) is 0.611. The molecular formula is C18H31NO7Si. The first-order chi connectivity index (χ1) is 12.7. The molecule has 0 saturated heterocycles. The molecule has 0 aliphatic heterocycles. The molecule has 154 valence electrons. The fourth-order valence-corrected chi connectivity index (χ4v) is 4.64. The van der Waals surface area contributed by atoms with Crippen LogP contribution in [0.5, 0.6) is 11.5 Å². The van der Waals surface area contributed by atoms with Crippen LogP contribution in [-0.4, -0.2) is 67.0 Å². The van der Waals surface area contributed by atoms with Crippen LogP contribution in [0.25, 0.3) is 0 Å². The Hall–Kier alpha value is -1.81. The van der Waals surface area contributed by atoms with Gasteiger partial charge in [0, 0.05) is 40.0 Å². The van der Waals surface area contributed by atoms with Crippen molar-refractivity contribution < 1.29 is 32.7 Å². The number of carboxylic acid groups (broad SMARTS) is 1. The average Bonchev–Trinajstić information content (AvgIpc) is 2.67. The first-order valence-corrected chi connectivity index (χ1v) is 10.5. The number of rotatable bonds is 11. The summed E-state index contributed by atoms with van der Waals surface area (Å²) in [6, 6.07) is 5.89. The summed E-state index contributed by atoms with van der Waals surface area (Å²) in [5, 5.41) is 9.81. The van der Waals surface area contributed by atoms with Gasteiger partial charge in [0.1, 0.15) is 11.5 Å². The van der Waals surface area contributed by atoms with Crippen LogP contribution in [0.15, 0.2) is 18.2 Å². The molecule has 0 saturated carbocycles. The summed E-state index contributed by atoms with van der Waals surface area (Å²) < 4.78 is 26.8. The van der Waals surface area contributed by atoms with Crippen molar-refractivity contribution in [3.63, 3.8) is 0 Å². The smallest absolute Gasteiger partial charge is 0.497 e. The summed E-state index contributed by atoms with van der Waals surface area (Å²) >= 11 is 0. The Balaban J connectivity index is 3.06. The van der Waals surface area contributed by atoms with Crippen LogP contribution >= 0.6 is 0 Å². The number of benzene rings is 1. The predicted molar refractivity (Wildman–Crippen MR) is 104 cm³/mol. The number of ether oxygens (including phenoxy) is 2. The van der Waals surface area contributed by atoms with Crippen molar-refractivity contribution in [1.82, 2.24) is 4.90 Å². The van der Waals surface area contributed by atoms with E-state index in [0.717, 1.165) is 5.56 Å². The van der Waals surface area contributed by atoms with E-state index in [1.807, 2.05) is 26.0 Å². The molecule has 1 rings (SSSR count). The number of hydrogen-bond donors (Lipinski definition) is 1. The second kappa shape index (κ2) is 9.93. The van der Waals surface area contributed by atoms with E-state index in [0.29, 0.717) is 30.5 Å². The van der Waals surface area contributed by atoms with Crippen molar-refractivity contribution >= 4 is 14.9 Å². The lowest BCUT2D eigenvalue weighted by atomic mass is 9.91. The fourth-order valence-electron chi connectivity index (χ4n) is 2.94. The second-order valence-corrected chi connectivity index (χ2v) is 9.58. The van der Waals surface area contributed by atoms with Crippen molar-refractivity contribution in [2.24, 2.45) is 0 Å². The van der Waals surface area contributed by atoms with Crippen molar-refractivity contribution in [3.8, 4) is 11.5 Å². The van der Waals surface area contributed by atoms with Crippen LogP contribution in [-0.2, 0) is 18.8 Å². The quantitative estimate of drug-likeness (QED) is 0.570. The molecule has 1 amide bonds. The Morgan fingerprint density at radius 2 is 1.48 bits per heavy atom. The van der Waals surface area contributed by atoms with E-state index in [1.165, 1.54) is 4.90 Å². The summed E-state index contributed by atoms with van der Waals surface area (Å²) in [6.07, 6.45) is -0.472. The zero-order valence-electron chi connectivity index (χ0n) is 17.2. The first kappa shape index (κ1) is 23.2. The third kappa shape index (κ3) is 5.58. The monoisotopic (exact) mass is 401 g/mol. The summed E-state index contributed by atoms with van der Waals surface area (Å²) in [4.78, 5) is 13.4. The molecule has 0 radical (unpaired) electrons. The molecule has 0 aliphatic rings. The molecule has 9 heteroatoms. The Bertz CT molecular complexity index is 589. The van der Waals surface area contributed by atoms with Crippen LogP contribution in [0.3, 0.4) is 0 Å². The number of hydrogen-bond acceptors (Lipinski definition) is 6. The van der Waals surface area contributed by atoms with Gasteiger partial charge < -0.3 is 27.9 Å². The standard InChI is InChI=1S/C18H31NO7Si/c1-18(2,14-11-15(22-3)13-16(12-14)23-4)19(17(20)21)9-8-10-27(24-5,25-6)26-7/h11-13H,8-10H2,1-7H3,(H,20,21). The third-order valence-electron chi connectivity index (χ3n) is 4.76. The molecule has 1 aromatic carbocycles. The first-order valence-electron chi connectivity index (χ1n) is 8.59. The van der Waals surface area contributed by atoms with Gasteiger partial charge in [-0.1, -0.05) is 0 Å². The number of nitrogens with zero attached hydrogens (tertiary/aromatic N) is 1. The van der Waals surface area contributed by atoms with Gasteiger partial charge in [0.2, 0.25) is 0 Å². The van der Waals surface area contributed by atoms with Crippen molar-refractivity contribution in [2.75, 3.05) is 42.1 Å². The molecule has 1 aromatic rings. The van der Waals surface area contributed by atoms with E-state index in [4.69, 9.17) is 22.8 Å². The van der Waals surface area contributed by atoms with Gasteiger partial charge in [0.25, 0.3) is 0 Å². The Morgan fingerprint density at radius 1 is 1.00 bits per heavy atom. The van der Waals surface area contributed by atoms with Crippen molar-refractivity contribution in [2.45, 2.75) is 31.9 Å². The maximum absolute atomic E-state index is 12.0. The summed E-state index contributed by atoms with van der Waals surface area (Å²) in [7, 11) is 5.00. The van der Waals surface area contributed by atoms with E-state index in [9.17, 15) is 9.90 Å². The van der Waals surface area contributed by atoms with E-state index in [2.05, 4.69) is 0 Å². The van der Waals surface area contributed by atoms with Gasteiger partial charge >= 0.3 is 14.9 Å². The minimum Gasteiger partial charge on any atom is -0.497 e. The molecule has 0 spiro atoms. The Kier molecular flexibility index (Phi) is 8.54. The zero-order valence-corrected chi connectivity index (χ0v) is 18.2. The van der Waals surface area contributed by atoms with Gasteiger partial charge in [-0.15, -0.1) is 0 Å². The number of amides is 1.